The summed E-state index contributed by atoms with van der Waals surface area (Å²) in [7, 11) is 0. The van der Waals surface area contributed by atoms with E-state index in [-0.39, 0.29) is 26.1 Å². The van der Waals surface area contributed by atoms with Crippen molar-refractivity contribution >= 4 is 11.9 Å². The van der Waals surface area contributed by atoms with E-state index in [0.717, 1.165) is 70.6 Å². The topological polar surface area (TPSA) is 152 Å². The van der Waals surface area contributed by atoms with Crippen molar-refractivity contribution < 1.29 is 49.0 Å². The highest BCUT2D eigenvalue weighted by Crippen LogP contribution is 2.22. The minimum atomic E-state index is -1.60. The van der Waals surface area contributed by atoms with Crippen LogP contribution in [0.25, 0.3) is 0 Å². The second-order valence-electron chi connectivity index (χ2n) is 14.4. The van der Waals surface area contributed by atoms with Gasteiger partial charge in [-0.15, -0.1) is 0 Å². The molecule has 10 heteroatoms. The number of esters is 2. The first kappa shape index (κ1) is 48.9. The fourth-order valence-electron chi connectivity index (χ4n) is 6.20. The minimum Gasteiger partial charge on any atom is -0.462 e. The molecule has 6 atom stereocenters. The number of aliphatic hydroxyl groups is 4. The molecule has 0 radical (unpaired) electrons. The molecule has 0 amide bonds. The van der Waals surface area contributed by atoms with E-state index in [0.29, 0.717) is 12.8 Å². The van der Waals surface area contributed by atoms with Crippen LogP contribution in [0.15, 0.2) is 36.5 Å². The van der Waals surface area contributed by atoms with Gasteiger partial charge in [0.15, 0.2) is 12.4 Å². The summed E-state index contributed by atoms with van der Waals surface area (Å²) in [5.74, 6) is -0.825. The molecule has 0 aromatic heterocycles. The van der Waals surface area contributed by atoms with Crippen molar-refractivity contribution in [3.05, 3.63) is 36.5 Å². The Morgan fingerprint density at radius 3 is 1.68 bits per heavy atom. The molecule has 0 bridgehead atoms. The summed E-state index contributed by atoms with van der Waals surface area (Å²) < 4.78 is 22.1. The molecule has 1 rings (SSSR count). The van der Waals surface area contributed by atoms with E-state index in [9.17, 15) is 30.0 Å². The molecule has 10 nitrogen and oxygen atoms in total. The van der Waals surface area contributed by atoms with Gasteiger partial charge in [0.1, 0.15) is 31.0 Å². The van der Waals surface area contributed by atoms with Crippen LogP contribution < -0.4 is 0 Å². The van der Waals surface area contributed by atoms with Gasteiger partial charge < -0.3 is 39.4 Å². The van der Waals surface area contributed by atoms with Crippen LogP contribution >= 0.6 is 0 Å². The maximum absolute atomic E-state index is 12.7. The Hall–Kier alpha value is -2.08. The molecule has 4 N–H and O–H groups in total. The van der Waals surface area contributed by atoms with E-state index in [1.165, 1.54) is 57.8 Å². The number of carbonyl (C=O) groups excluding carboxylic acids is 2. The third-order valence-corrected chi connectivity index (χ3v) is 9.54. The number of allylic oxidation sites excluding steroid dienone is 6. The molecule has 53 heavy (non-hydrogen) atoms. The quantitative estimate of drug-likeness (QED) is 0.0287. The lowest BCUT2D eigenvalue weighted by molar-refractivity contribution is -0.305. The molecule has 1 heterocycles. The van der Waals surface area contributed by atoms with E-state index in [1.807, 2.05) is 0 Å². The van der Waals surface area contributed by atoms with Crippen LogP contribution in [0.4, 0.5) is 0 Å². The first-order valence-electron chi connectivity index (χ1n) is 21.1. The SMILES string of the molecule is CC/C=C\C/C=C\C/C=C\CCCCCCCC(=O)OC[C@@H](CO[C@@H]1O[C@H](CO)[C@H](O)[C@H](O)[C@H]1O)OC(=O)CCCCCCCCCCCCCCC. The Morgan fingerprint density at radius 2 is 1.11 bits per heavy atom. The Bertz CT molecular complexity index is 965. The third kappa shape index (κ3) is 26.4. The molecule has 308 valence electrons. The molecular weight excluding hydrogens is 676 g/mol. The minimum absolute atomic E-state index is 0.225. The average molecular weight is 753 g/mol. The maximum atomic E-state index is 12.7. The van der Waals surface area contributed by atoms with Gasteiger partial charge in [-0.25, -0.2) is 0 Å². The van der Waals surface area contributed by atoms with E-state index in [2.05, 4.69) is 50.3 Å². The lowest BCUT2D eigenvalue weighted by atomic mass is 9.99. The predicted molar refractivity (Wildman–Crippen MR) is 210 cm³/mol. The highest BCUT2D eigenvalue weighted by molar-refractivity contribution is 5.70. The zero-order valence-corrected chi connectivity index (χ0v) is 33.3. The van der Waals surface area contributed by atoms with Crippen molar-refractivity contribution in [1.82, 2.24) is 0 Å². The van der Waals surface area contributed by atoms with Crippen molar-refractivity contribution in [3.8, 4) is 0 Å². The van der Waals surface area contributed by atoms with Crippen LogP contribution in [0, 0.1) is 0 Å². The smallest absolute Gasteiger partial charge is 0.306 e. The third-order valence-electron chi connectivity index (χ3n) is 9.54. The number of hydrogen-bond donors (Lipinski definition) is 4. The van der Waals surface area contributed by atoms with Crippen LogP contribution in [0.2, 0.25) is 0 Å². The Balaban J connectivity index is 2.37. The van der Waals surface area contributed by atoms with Crippen molar-refractivity contribution in [2.75, 3.05) is 19.8 Å². The summed E-state index contributed by atoms with van der Waals surface area (Å²) in [6, 6.07) is 0. The lowest BCUT2D eigenvalue weighted by Crippen LogP contribution is -2.59. The number of aliphatic hydroxyl groups excluding tert-OH is 4. The normalized spacial score (nSPS) is 21.2. The molecule has 1 aliphatic rings. The van der Waals surface area contributed by atoms with Crippen molar-refractivity contribution in [1.29, 1.82) is 0 Å². The van der Waals surface area contributed by atoms with Gasteiger partial charge in [0.05, 0.1) is 13.2 Å². The molecule has 0 spiro atoms. The van der Waals surface area contributed by atoms with Crippen LogP contribution in [0.1, 0.15) is 168 Å². The summed E-state index contributed by atoms with van der Waals surface area (Å²) in [6.45, 7) is 3.28. The molecule has 0 aromatic carbocycles. The van der Waals surface area contributed by atoms with Gasteiger partial charge >= 0.3 is 11.9 Å². The summed E-state index contributed by atoms with van der Waals surface area (Å²) in [6.07, 6.45) is 30.1. The summed E-state index contributed by atoms with van der Waals surface area (Å²) in [5.41, 5.74) is 0. The summed E-state index contributed by atoms with van der Waals surface area (Å²) in [4.78, 5) is 25.2. The van der Waals surface area contributed by atoms with Gasteiger partial charge in [-0.1, -0.05) is 147 Å². The van der Waals surface area contributed by atoms with E-state index in [1.54, 1.807) is 0 Å². The second kappa shape index (κ2) is 34.4. The molecule has 0 aliphatic carbocycles. The number of rotatable bonds is 34. The van der Waals surface area contributed by atoms with Crippen molar-refractivity contribution in [3.63, 3.8) is 0 Å². The number of hydrogen-bond acceptors (Lipinski definition) is 10. The summed E-state index contributed by atoms with van der Waals surface area (Å²) >= 11 is 0. The van der Waals surface area contributed by atoms with Gasteiger partial charge in [-0.05, 0) is 44.9 Å². The van der Waals surface area contributed by atoms with E-state index in [4.69, 9.17) is 18.9 Å². The van der Waals surface area contributed by atoms with E-state index < -0.39 is 55.4 Å². The van der Waals surface area contributed by atoms with Crippen LogP contribution in [-0.2, 0) is 28.5 Å². The van der Waals surface area contributed by atoms with Gasteiger partial charge in [0, 0.05) is 12.8 Å². The molecule has 0 aromatic rings. The maximum Gasteiger partial charge on any atom is 0.306 e. The van der Waals surface area contributed by atoms with Crippen molar-refractivity contribution in [2.24, 2.45) is 0 Å². The Morgan fingerprint density at radius 1 is 0.604 bits per heavy atom. The predicted octanol–water partition coefficient (Wildman–Crippen LogP) is 8.33. The molecule has 0 saturated carbocycles. The number of carbonyl (C=O) groups is 2. The van der Waals surface area contributed by atoms with Crippen LogP contribution in [-0.4, -0.2) is 89.0 Å². The van der Waals surface area contributed by atoms with Gasteiger partial charge in [0.2, 0.25) is 0 Å². The molecule has 1 saturated heterocycles. The Labute approximate surface area is 321 Å². The number of unbranched alkanes of at least 4 members (excludes halogenated alkanes) is 17. The highest BCUT2D eigenvalue weighted by Gasteiger charge is 2.44. The highest BCUT2D eigenvalue weighted by atomic mass is 16.7. The zero-order chi connectivity index (χ0) is 38.8. The number of ether oxygens (including phenoxy) is 4. The molecule has 1 aliphatic heterocycles. The summed E-state index contributed by atoms with van der Waals surface area (Å²) in [5, 5.41) is 40.0. The van der Waals surface area contributed by atoms with Crippen molar-refractivity contribution in [2.45, 2.75) is 205 Å². The van der Waals surface area contributed by atoms with E-state index >= 15 is 0 Å². The molecule has 1 fully saturated rings. The standard InChI is InChI=1S/C43H76O10/c1-3-5-7-9-11-13-15-17-18-20-21-23-25-27-29-31-38(45)50-34-36(35-51-43-42(49)41(48)40(47)37(33-44)53-43)52-39(46)32-30-28-26-24-22-19-16-14-12-10-8-6-4-2/h5,7,11,13,17-18,36-37,40-44,47-49H,3-4,6,8-10,12,14-16,19-35H2,1-2H3/b7-5-,13-11-,18-17-/t36-,37+,40-,41-,42+,43+/m0/s1. The Kier molecular flexibility index (Phi) is 31.8. The van der Waals surface area contributed by atoms with Gasteiger partial charge in [0.25, 0.3) is 0 Å². The largest absolute Gasteiger partial charge is 0.462 e. The fourth-order valence-corrected chi connectivity index (χ4v) is 6.20. The van der Waals surface area contributed by atoms with Gasteiger partial charge in [-0.3, -0.25) is 9.59 Å². The van der Waals surface area contributed by atoms with Gasteiger partial charge in [-0.2, -0.15) is 0 Å². The first-order chi connectivity index (χ1) is 25.8. The lowest BCUT2D eigenvalue weighted by Gasteiger charge is -2.39. The second-order valence-corrected chi connectivity index (χ2v) is 14.4. The monoisotopic (exact) mass is 753 g/mol. The molecular formula is C43H76O10. The van der Waals surface area contributed by atoms with Crippen LogP contribution in [0.3, 0.4) is 0 Å². The zero-order valence-electron chi connectivity index (χ0n) is 33.3. The molecule has 0 unspecified atom stereocenters. The fraction of sp³-hybridized carbons (Fsp3) is 0.814. The average Bonchev–Trinajstić information content (AvgIpc) is 3.15. The first-order valence-corrected chi connectivity index (χ1v) is 21.1. The van der Waals surface area contributed by atoms with Crippen LogP contribution in [0.5, 0.6) is 0 Å².